The number of Topliss-reactive ketones (excluding diaryl/α,β-unsaturated/α-hetero) is 2. The molecular formula is C31H30Br2ClNO5. The van der Waals surface area contributed by atoms with Crippen molar-refractivity contribution >= 4 is 66.6 Å². The van der Waals surface area contributed by atoms with Gasteiger partial charge in [0.15, 0.2) is 18.2 Å². The molecular weight excluding hydrogens is 662 g/mol. The fourth-order valence-corrected chi connectivity index (χ4v) is 7.37. The molecule has 40 heavy (non-hydrogen) atoms. The zero-order chi connectivity index (χ0) is 29.0. The smallest absolute Gasteiger partial charge is 0.262 e. The van der Waals surface area contributed by atoms with Crippen LogP contribution in [0.25, 0.3) is 0 Å². The lowest BCUT2D eigenvalue weighted by Crippen LogP contribution is -2.37. The molecule has 9 heteroatoms. The minimum Gasteiger partial charge on any atom is -0.482 e. The molecule has 0 aromatic heterocycles. The van der Waals surface area contributed by atoms with Crippen LogP contribution >= 0.6 is 43.5 Å². The van der Waals surface area contributed by atoms with Crippen molar-refractivity contribution < 1.29 is 23.9 Å². The summed E-state index contributed by atoms with van der Waals surface area (Å²) < 4.78 is 13.9. The largest absolute Gasteiger partial charge is 0.482 e. The first-order valence-electron chi connectivity index (χ1n) is 13.1. The fourth-order valence-electron chi connectivity index (χ4n) is 5.82. The molecule has 0 bridgehead atoms. The van der Waals surface area contributed by atoms with E-state index in [1.54, 1.807) is 24.3 Å². The Morgan fingerprint density at radius 2 is 1.55 bits per heavy atom. The number of hydrogen-bond donors (Lipinski definition) is 1. The van der Waals surface area contributed by atoms with Crippen LogP contribution in [0.3, 0.4) is 0 Å². The van der Waals surface area contributed by atoms with Gasteiger partial charge in [-0.3, -0.25) is 14.4 Å². The Morgan fingerprint density at radius 1 is 0.975 bits per heavy atom. The van der Waals surface area contributed by atoms with Crippen molar-refractivity contribution in [2.75, 3.05) is 11.9 Å². The summed E-state index contributed by atoms with van der Waals surface area (Å²) in [7, 11) is 0. The van der Waals surface area contributed by atoms with E-state index in [9.17, 15) is 14.4 Å². The van der Waals surface area contributed by atoms with Crippen molar-refractivity contribution in [1.29, 1.82) is 0 Å². The number of ether oxygens (including phenoxy) is 2. The van der Waals surface area contributed by atoms with Gasteiger partial charge in [-0.15, -0.1) is 0 Å². The maximum atomic E-state index is 13.7. The van der Waals surface area contributed by atoms with Crippen LogP contribution in [0.15, 0.2) is 68.0 Å². The number of para-hydroxylation sites is 1. The Labute approximate surface area is 255 Å². The van der Waals surface area contributed by atoms with Crippen LogP contribution in [0.2, 0.25) is 5.02 Å². The van der Waals surface area contributed by atoms with Gasteiger partial charge in [0.1, 0.15) is 17.3 Å². The third-order valence-electron chi connectivity index (χ3n) is 7.43. The minimum absolute atomic E-state index is 0.0426. The van der Waals surface area contributed by atoms with E-state index in [0.717, 1.165) is 4.47 Å². The molecule has 1 N–H and O–H groups in total. The zero-order valence-corrected chi connectivity index (χ0v) is 26.7. The lowest BCUT2D eigenvalue weighted by atomic mass is 9.65. The highest BCUT2D eigenvalue weighted by Gasteiger charge is 2.48. The van der Waals surface area contributed by atoms with Gasteiger partial charge in [-0.1, -0.05) is 67.4 Å². The molecule has 2 aromatic rings. The molecule has 5 rings (SSSR count). The lowest BCUT2D eigenvalue weighted by Gasteiger charge is -2.43. The van der Waals surface area contributed by atoms with Crippen molar-refractivity contribution in [3.63, 3.8) is 0 Å². The second kappa shape index (κ2) is 10.8. The van der Waals surface area contributed by atoms with Gasteiger partial charge in [0.05, 0.1) is 21.1 Å². The fraction of sp³-hybridized carbons (Fsp3) is 0.387. The summed E-state index contributed by atoms with van der Waals surface area (Å²) in [5, 5.41) is 3.18. The predicted molar refractivity (Wildman–Crippen MR) is 161 cm³/mol. The molecule has 210 valence electrons. The number of hydrogen-bond acceptors (Lipinski definition) is 5. The first-order chi connectivity index (χ1) is 18.7. The number of halogens is 3. The molecule has 0 atom stereocenters. The molecule has 1 amide bonds. The molecule has 2 aromatic carbocycles. The van der Waals surface area contributed by atoms with Crippen LogP contribution in [0.5, 0.6) is 5.75 Å². The van der Waals surface area contributed by atoms with Crippen LogP contribution in [0.1, 0.15) is 64.9 Å². The Bertz CT molecular complexity index is 1460. The molecule has 0 fully saturated rings. The molecule has 6 nitrogen and oxygen atoms in total. The zero-order valence-electron chi connectivity index (χ0n) is 22.8. The van der Waals surface area contributed by atoms with Crippen LogP contribution in [-0.4, -0.2) is 24.1 Å². The molecule has 1 heterocycles. The van der Waals surface area contributed by atoms with Crippen LogP contribution in [0.4, 0.5) is 5.69 Å². The van der Waals surface area contributed by atoms with E-state index >= 15 is 0 Å². The number of allylic oxidation sites excluding steroid dienone is 4. The van der Waals surface area contributed by atoms with Crippen molar-refractivity contribution in [3.8, 4) is 5.75 Å². The van der Waals surface area contributed by atoms with E-state index in [1.807, 2.05) is 12.1 Å². The summed E-state index contributed by atoms with van der Waals surface area (Å²) in [5.74, 6) is 0.479. The standard InChI is InChI=1S/C31H30Br2ClNO5/c1-30(2)11-21(36)27-23(13-30)40-24-14-31(3,4)12-22(37)28(24)26(27)17-9-16(32)10-18(33)29(17)39-15-25(38)35-20-8-6-5-7-19(20)34/h5-10,26H,11-15H2,1-4H3,(H,35,38). The van der Waals surface area contributed by atoms with E-state index in [2.05, 4.69) is 64.9 Å². The quantitative estimate of drug-likeness (QED) is 0.342. The Balaban J connectivity index is 1.58. The summed E-state index contributed by atoms with van der Waals surface area (Å²) in [4.78, 5) is 40.3. The molecule has 3 aliphatic rings. The Morgan fingerprint density at radius 3 is 2.12 bits per heavy atom. The molecule has 0 saturated heterocycles. The van der Waals surface area contributed by atoms with Gasteiger partial charge in [0, 0.05) is 46.9 Å². The predicted octanol–water partition coefficient (Wildman–Crippen LogP) is 8.28. The monoisotopic (exact) mass is 689 g/mol. The van der Waals surface area contributed by atoms with Gasteiger partial charge in [0.25, 0.3) is 5.91 Å². The molecule has 0 unspecified atom stereocenters. The number of nitrogens with one attached hydrogen (secondary N) is 1. The van der Waals surface area contributed by atoms with Crippen molar-refractivity contribution in [1.82, 2.24) is 0 Å². The third kappa shape index (κ3) is 5.81. The van der Waals surface area contributed by atoms with Crippen LogP contribution in [0, 0.1) is 10.8 Å². The third-order valence-corrected chi connectivity index (χ3v) is 8.80. The molecule has 1 aliphatic heterocycles. The lowest BCUT2D eigenvalue weighted by molar-refractivity contribution is -0.121. The maximum absolute atomic E-state index is 13.7. The van der Waals surface area contributed by atoms with E-state index in [-0.39, 0.29) is 29.0 Å². The Kier molecular flexibility index (Phi) is 7.83. The normalized spacial score (nSPS) is 20.1. The average Bonchev–Trinajstić information content (AvgIpc) is 2.81. The second-order valence-corrected chi connectivity index (χ2v) is 14.4. The molecule has 2 aliphatic carbocycles. The summed E-state index contributed by atoms with van der Waals surface area (Å²) in [6.07, 6.45) is 1.86. The van der Waals surface area contributed by atoms with Crippen LogP contribution < -0.4 is 10.1 Å². The number of ketones is 2. The summed E-state index contributed by atoms with van der Waals surface area (Å²) >= 11 is 13.4. The SMILES string of the molecule is CC1(C)CC(=O)C2=C(C1)OC1=C(C(=O)CC(C)(C)C1)C2c1cc(Br)cc(Br)c1OCC(=O)Nc1ccccc1Cl. The van der Waals surface area contributed by atoms with Gasteiger partial charge in [-0.25, -0.2) is 0 Å². The summed E-state index contributed by atoms with van der Waals surface area (Å²) in [6, 6.07) is 10.6. The molecule has 0 spiro atoms. The number of carbonyl (C=O) groups excluding carboxylic acids is 3. The summed E-state index contributed by atoms with van der Waals surface area (Å²) in [5.41, 5.74) is 1.58. The summed E-state index contributed by atoms with van der Waals surface area (Å²) in [6.45, 7) is 7.90. The van der Waals surface area contributed by atoms with Crippen molar-refractivity contribution in [3.05, 3.63) is 78.6 Å². The van der Waals surface area contributed by atoms with Crippen LogP contribution in [-0.2, 0) is 19.1 Å². The van der Waals surface area contributed by atoms with Gasteiger partial charge in [-0.2, -0.15) is 0 Å². The van der Waals surface area contributed by atoms with Crippen molar-refractivity contribution in [2.24, 2.45) is 10.8 Å². The number of amides is 1. The minimum atomic E-state index is -0.665. The van der Waals surface area contributed by atoms with E-state index < -0.39 is 11.8 Å². The number of carbonyl (C=O) groups is 3. The van der Waals surface area contributed by atoms with Gasteiger partial charge >= 0.3 is 0 Å². The first kappa shape index (κ1) is 29.1. The number of anilines is 1. The van der Waals surface area contributed by atoms with Gasteiger partial charge in [-0.05, 0) is 51.0 Å². The highest BCUT2D eigenvalue weighted by Crippen LogP contribution is 2.55. The van der Waals surface area contributed by atoms with Crippen molar-refractivity contribution in [2.45, 2.75) is 59.3 Å². The molecule has 0 saturated carbocycles. The maximum Gasteiger partial charge on any atom is 0.262 e. The van der Waals surface area contributed by atoms with E-state index in [1.165, 1.54) is 0 Å². The topological polar surface area (TPSA) is 81.7 Å². The average molecular weight is 692 g/mol. The van der Waals surface area contributed by atoms with Gasteiger partial charge in [0.2, 0.25) is 0 Å². The number of benzene rings is 2. The van der Waals surface area contributed by atoms with Gasteiger partial charge < -0.3 is 14.8 Å². The highest BCUT2D eigenvalue weighted by molar-refractivity contribution is 9.11. The van der Waals surface area contributed by atoms with E-state index in [4.69, 9.17) is 21.1 Å². The van der Waals surface area contributed by atoms with E-state index in [0.29, 0.717) is 74.8 Å². The highest BCUT2D eigenvalue weighted by atomic mass is 79.9. The first-order valence-corrected chi connectivity index (χ1v) is 15.1. The molecule has 0 radical (unpaired) electrons. The second-order valence-electron chi connectivity index (χ2n) is 12.2. The Hall–Kier alpha value is -2.42. The number of rotatable bonds is 5.